The van der Waals surface area contributed by atoms with Gasteiger partial charge in [0.05, 0.1) is 0 Å². The summed E-state index contributed by atoms with van der Waals surface area (Å²) >= 11 is 1.88. The molecule has 1 aromatic carbocycles. The van der Waals surface area contributed by atoms with Gasteiger partial charge in [-0.05, 0) is 24.6 Å². The van der Waals surface area contributed by atoms with Gasteiger partial charge in [0.1, 0.15) is 0 Å². The average molecular weight is 192 g/mol. The summed E-state index contributed by atoms with van der Waals surface area (Å²) in [6.07, 6.45) is 0. The molecule has 2 rings (SSSR count). The van der Waals surface area contributed by atoms with Gasteiger partial charge in [0.15, 0.2) is 0 Å². The molecule has 0 N–H and O–H groups in total. The van der Waals surface area contributed by atoms with Gasteiger partial charge in [-0.3, -0.25) is 0 Å². The predicted molar refractivity (Wildman–Crippen MR) is 62.6 cm³/mol. The minimum atomic E-state index is 1.41. The van der Waals surface area contributed by atoms with Crippen LogP contribution in [0.5, 0.6) is 0 Å². The maximum atomic E-state index is 2.19. The molecule has 0 aliphatic heterocycles. The van der Waals surface area contributed by atoms with Crippen molar-refractivity contribution in [1.82, 2.24) is 0 Å². The van der Waals surface area contributed by atoms with Crippen LogP contribution in [0.4, 0.5) is 0 Å². The van der Waals surface area contributed by atoms with Crippen molar-refractivity contribution in [3.05, 3.63) is 34.0 Å². The molecule has 0 atom stereocenters. The van der Waals surface area contributed by atoms with E-state index in [1.54, 1.807) is 0 Å². The lowest BCUT2D eigenvalue weighted by Gasteiger charge is -1.88. The Kier molecular flexibility index (Phi) is 3.49. The summed E-state index contributed by atoms with van der Waals surface area (Å²) in [6.45, 7) is 8.36. The smallest absolute Gasteiger partial charge is 0.00956 e. The zero-order chi connectivity index (χ0) is 9.84. The lowest BCUT2D eigenvalue weighted by atomic mass is 10.1. The standard InChI is InChI=1S/C10H10S.C2H6/c1-7-9-5-3-4-6-10(9)8(2)11-7;1-2/h3-6H,1-2H3;1-2H3. The summed E-state index contributed by atoms with van der Waals surface area (Å²) in [5.74, 6) is 0. The molecule has 0 saturated heterocycles. The zero-order valence-corrected chi connectivity index (χ0v) is 9.53. The van der Waals surface area contributed by atoms with E-state index in [4.69, 9.17) is 0 Å². The Morgan fingerprint density at radius 3 is 1.62 bits per heavy atom. The largest absolute Gasteiger partial charge is 0.145 e. The van der Waals surface area contributed by atoms with Gasteiger partial charge in [0.25, 0.3) is 0 Å². The molecular formula is C12H16S. The van der Waals surface area contributed by atoms with E-state index in [2.05, 4.69) is 38.1 Å². The van der Waals surface area contributed by atoms with E-state index in [0.29, 0.717) is 0 Å². The van der Waals surface area contributed by atoms with Crippen LogP contribution in [0, 0.1) is 13.8 Å². The summed E-state index contributed by atoms with van der Waals surface area (Å²) < 4.78 is 0. The van der Waals surface area contributed by atoms with Crippen LogP contribution in [0.15, 0.2) is 24.3 Å². The number of aryl methyl sites for hydroxylation is 2. The molecule has 0 saturated carbocycles. The van der Waals surface area contributed by atoms with E-state index in [1.165, 1.54) is 20.5 Å². The van der Waals surface area contributed by atoms with Crippen molar-refractivity contribution in [1.29, 1.82) is 0 Å². The highest BCUT2D eigenvalue weighted by atomic mass is 32.1. The van der Waals surface area contributed by atoms with Crippen LogP contribution in [-0.2, 0) is 0 Å². The number of fused-ring (bicyclic) bond motifs is 1. The molecule has 0 radical (unpaired) electrons. The van der Waals surface area contributed by atoms with Crippen molar-refractivity contribution >= 4 is 22.1 Å². The molecule has 0 fully saturated rings. The highest BCUT2D eigenvalue weighted by Crippen LogP contribution is 2.29. The zero-order valence-electron chi connectivity index (χ0n) is 8.72. The second-order valence-corrected chi connectivity index (χ2v) is 4.19. The van der Waals surface area contributed by atoms with Crippen LogP contribution >= 0.6 is 11.3 Å². The van der Waals surface area contributed by atoms with Crippen molar-refractivity contribution in [2.45, 2.75) is 27.7 Å². The fraction of sp³-hybridized carbons (Fsp3) is 0.333. The molecule has 0 aliphatic rings. The quantitative estimate of drug-likeness (QED) is 0.574. The molecule has 0 unspecified atom stereocenters. The van der Waals surface area contributed by atoms with Gasteiger partial charge in [0, 0.05) is 9.75 Å². The van der Waals surface area contributed by atoms with Crippen LogP contribution in [0.25, 0.3) is 10.8 Å². The van der Waals surface area contributed by atoms with Crippen LogP contribution < -0.4 is 0 Å². The molecular weight excluding hydrogens is 176 g/mol. The van der Waals surface area contributed by atoms with E-state index in [0.717, 1.165) is 0 Å². The van der Waals surface area contributed by atoms with E-state index < -0.39 is 0 Å². The Balaban J connectivity index is 0.000000396. The van der Waals surface area contributed by atoms with Gasteiger partial charge >= 0.3 is 0 Å². The molecule has 0 aliphatic carbocycles. The highest BCUT2D eigenvalue weighted by molar-refractivity contribution is 7.13. The first-order valence-corrected chi connectivity index (χ1v) is 5.55. The molecule has 0 amide bonds. The third-order valence-electron chi connectivity index (χ3n) is 1.99. The Morgan fingerprint density at radius 1 is 0.846 bits per heavy atom. The molecule has 1 aromatic heterocycles. The summed E-state index contributed by atoms with van der Waals surface area (Å²) in [7, 11) is 0. The van der Waals surface area contributed by atoms with E-state index >= 15 is 0 Å². The molecule has 70 valence electrons. The molecule has 1 heterocycles. The van der Waals surface area contributed by atoms with Crippen molar-refractivity contribution in [3.8, 4) is 0 Å². The first kappa shape index (κ1) is 10.3. The molecule has 0 bridgehead atoms. The SMILES string of the molecule is CC.Cc1sc(C)c2ccccc12. The van der Waals surface area contributed by atoms with Crippen LogP contribution in [0.2, 0.25) is 0 Å². The van der Waals surface area contributed by atoms with Crippen molar-refractivity contribution in [3.63, 3.8) is 0 Å². The fourth-order valence-corrected chi connectivity index (χ4v) is 2.47. The number of hydrogen-bond donors (Lipinski definition) is 0. The number of rotatable bonds is 0. The van der Waals surface area contributed by atoms with Gasteiger partial charge in [-0.1, -0.05) is 38.1 Å². The van der Waals surface area contributed by atoms with Crippen molar-refractivity contribution < 1.29 is 0 Å². The Labute approximate surface area is 84.2 Å². The third kappa shape index (κ3) is 1.92. The number of benzene rings is 1. The van der Waals surface area contributed by atoms with E-state index in [-0.39, 0.29) is 0 Å². The minimum absolute atomic E-state index is 1.41. The van der Waals surface area contributed by atoms with Gasteiger partial charge in [0.2, 0.25) is 0 Å². The van der Waals surface area contributed by atoms with Gasteiger partial charge in [-0.15, -0.1) is 11.3 Å². The van der Waals surface area contributed by atoms with Crippen LogP contribution in [0.3, 0.4) is 0 Å². The maximum absolute atomic E-state index is 2.19. The van der Waals surface area contributed by atoms with Gasteiger partial charge < -0.3 is 0 Å². The highest BCUT2D eigenvalue weighted by Gasteiger charge is 2.01. The lowest BCUT2D eigenvalue weighted by molar-refractivity contribution is 1.50. The molecule has 2 aromatic rings. The Morgan fingerprint density at radius 2 is 1.23 bits per heavy atom. The fourth-order valence-electron chi connectivity index (χ4n) is 1.44. The Bertz CT molecular complexity index is 349. The monoisotopic (exact) mass is 192 g/mol. The van der Waals surface area contributed by atoms with Gasteiger partial charge in [-0.2, -0.15) is 0 Å². The van der Waals surface area contributed by atoms with E-state index in [1.807, 2.05) is 25.2 Å². The molecule has 1 heteroatoms. The normalized spacial score (nSPS) is 9.54. The summed E-state index contributed by atoms with van der Waals surface area (Å²) in [6, 6.07) is 8.57. The Hall–Kier alpha value is -0.820. The molecule has 13 heavy (non-hydrogen) atoms. The maximum Gasteiger partial charge on any atom is 0.00956 e. The van der Waals surface area contributed by atoms with Crippen LogP contribution in [-0.4, -0.2) is 0 Å². The topological polar surface area (TPSA) is 0 Å². The minimum Gasteiger partial charge on any atom is -0.145 e. The summed E-state index contributed by atoms with van der Waals surface area (Å²) in [5.41, 5.74) is 0. The first-order chi connectivity index (χ1) is 6.29. The first-order valence-electron chi connectivity index (χ1n) is 4.74. The van der Waals surface area contributed by atoms with Crippen LogP contribution in [0.1, 0.15) is 23.6 Å². The second-order valence-electron chi connectivity index (χ2n) is 2.76. The molecule has 0 spiro atoms. The van der Waals surface area contributed by atoms with Crippen molar-refractivity contribution in [2.24, 2.45) is 0 Å². The lowest BCUT2D eigenvalue weighted by Crippen LogP contribution is -1.65. The predicted octanol–water partition coefficient (Wildman–Crippen LogP) is 4.54. The average Bonchev–Trinajstić information content (AvgIpc) is 2.47. The van der Waals surface area contributed by atoms with Gasteiger partial charge in [-0.25, -0.2) is 0 Å². The second kappa shape index (κ2) is 4.43. The van der Waals surface area contributed by atoms with E-state index in [9.17, 15) is 0 Å². The summed E-state index contributed by atoms with van der Waals surface area (Å²) in [4.78, 5) is 2.86. The summed E-state index contributed by atoms with van der Waals surface area (Å²) in [5, 5.41) is 2.82. The molecule has 0 nitrogen and oxygen atoms in total. The number of thiophene rings is 1. The number of hydrogen-bond acceptors (Lipinski definition) is 1. The third-order valence-corrected chi connectivity index (χ3v) is 3.04. The van der Waals surface area contributed by atoms with Crippen molar-refractivity contribution in [2.75, 3.05) is 0 Å².